The van der Waals surface area contributed by atoms with Crippen LogP contribution in [0.5, 0.6) is 11.5 Å². The fraction of sp³-hybridized carbons (Fsp3) is 0.579. The first kappa shape index (κ1) is 19.9. The smallest absolute Gasteiger partial charge is 0.410 e. The molecule has 0 aromatic heterocycles. The Balaban J connectivity index is 2.00. The maximum atomic E-state index is 12.1. The summed E-state index contributed by atoms with van der Waals surface area (Å²) in [5.41, 5.74) is -0.190. The minimum Gasteiger partial charge on any atom is -0.492 e. The lowest BCUT2D eigenvalue weighted by Gasteiger charge is -2.33. The highest BCUT2D eigenvalue weighted by atomic mass is 16.6. The van der Waals surface area contributed by atoms with Gasteiger partial charge in [-0.05, 0) is 32.9 Å². The Labute approximate surface area is 154 Å². The highest BCUT2D eigenvalue weighted by Crippen LogP contribution is 2.33. The van der Waals surface area contributed by atoms with Gasteiger partial charge in [0.2, 0.25) is 0 Å². The van der Waals surface area contributed by atoms with Gasteiger partial charge >= 0.3 is 12.1 Å². The van der Waals surface area contributed by atoms with Crippen molar-refractivity contribution in [2.45, 2.75) is 45.3 Å². The predicted molar refractivity (Wildman–Crippen MR) is 95.8 cm³/mol. The fourth-order valence-corrected chi connectivity index (χ4v) is 2.75. The minimum atomic E-state index is -0.508. The van der Waals surface area contributed by atoms with Crippen molar-refractivity contribution in [2.75, 3.05) is 27.3 Å². The van der Waals surface area contributed by atoms with E-state index < -0.39 is 11.6 Å². The average molecular weight is 365 g/mol. The van der Waals surface area contributed by atoms with Crippen LogP contribution in [-0.4, -0.2) is 56.0 Å². The van der Waals surface area contributed by atoms with E-state index in [1.807, 2.05) is 20.8 Å². The van der Waals surface area contributed by atoms with E-state index in [1.165, 1.54) is 14.2 Å². The zero-order valence-electron chi connectivity index (χ0n) is 16.0. The number of carbonyl (C=O) groups excluding carboxylic acids is 2. The molecule has 0 bridgehead atoms. The Morgan fingerprint density at radius 1 is 1.12 bits per heavy atom. The topological polar surface area (TPSA) is 74.3 Å². The van der Waals surface area contributed by atoms with Gasteiger partial charge in [0.15, 0.2) is 11.5 Å². The van der Waals surface area contributed by atoms with E-state index in [2.05, 4.69) is 0 Å². The molecule has 0 saturated carbocycles. The van der Waals surface area contributed by atoms with Crippen molar-refractivity contribution < 1.29 is 28.5 Å². The highest BCUT2D eigenvalue weighted by Gasteiger charge is 2.28. The van der Waals surface area contributed by atoms with Crippen LogP contribution in [0, 0.1) is 0 Å². The van der Waals surface area contributed by atoms with E-state index in [9.17, 15) is 9.59 Å². The summed E-state index contributed by atoms with van der Waals surface area (Å²) in [6.45, 7) is 6.65. The van der Waals surface area contributed by atoms with E-state index in [0.717, 1.165) is 0 Å². The van der Waals surface area contributed by atoms with Gasteiger partial charge in [-0.3, -0.25) is 0 Å². The number of esters is 1. The molecule has 0 aliphatic carbocycles. The molecule has 26 heavy (non-hydrogen) atoms. The molecule has 1 heterocycles. The molecule has 1 saturated heterocycles. The van der Waals surface area contributed by atoms with E-state index in [4.69, 9.17) is 18.9 Å². The lowest BCUT2D eigenvalue weighted by molar-refractivity contribution is 0.0123. The molecule has 2 rings (SSSR count). The Hall–Kier alpha value is -2.44. The largest absolute Gasteiger partial charge is 0.492 e. The number of ether oxygens (including phenoxy) is 4. The number of hydrogen-bond acceptors (Lipinski definition) is 6. The van der Waals surface area contributed by atoms with Crippen LogP contribution in [0.4, 0.5) is 4.79 Å². The number of likely N-dealkylation sites (tertiary alicyclic amines) is 1. The molecule has 0 radical (unpaired) electrons. The monoisotopic (exact) mass is 365 g/mol. The zero-order valence-corrected chi connectivity index (χ0v) is 16.0. The number of carbonyl (C=O) groups is 2. The first-order chi connectivity index (χ1) is 12.2. The Morgan fingerprint density at radius 3 is 2.31 bits per heavy atom. The van der Waals surface area contributed by atoms with Crippen molar-refractivity contribution in [3.8, 4) is 11.5 Å². The molecule has 0 atom stereocenters. The third kappa shape index (κ3) is 5.03. The van der Waals surface area contributed by atoms with Crippen LogP contribution in [-0.2, 0) is 9.47 Å². The summed E-state index contributed by atoms with van der Waals surface area (Å²) in [7, 11) is 2.81. The Morgan fingerprint density at radius 2 is 1.77 bits per heavy atom. The van der Waals surface area contributed by atoms with Gasteiger partial charge in [0.05, 0.1) is 14.2 Å². The maximum Gasteiger partial charge on any atom is 0.410 e. The summed E-state index contributed by atoms with van der Waals surface area (Å²) in [5.74, 6) is 0.368. The lowest BCUT2D eigenvalue weighted by Crippen LogP contribution is -2.44. The number of hydrogen-bond donors (Lipinski definition) is 0. The number of methoxy groups -OCH3 is 2. The zero-order chi connectivity index (χ0) is 19.3. The van der Waals surface area contributed by atoms with Crippen molar-refractivity contribution in [2.24, 2.45) is 0 Å². The van der Waals surface area contributed by atoms with Gasteiger partial charge in [-0.2, -0.15) is 0 Å². The summed E-state index contributed by atoms with van der Waals surface area (Å²) in [6.07, 6.45) is 0.965. The molecule has 144 valence electrons. The standard InChI is InChI=1S/C19H27NO6/c1-19(2,3)26-18(22)20-11-9-13(10-12-20)25-15-8-6-7-14(16(15)23-4)17(21)24-5/h6-8,13H,9-12H2,1-5H3. The fourth-order valence-electron chi connectivity index (χ4n) is 2.75. The van der Waals surface area contributed by atoms with Crippen molar-refractivity contribution in [3.05, 3.63) is 23.8 Å². The van der Waals surface area contributed by atoms with Crippen LogP contribution in [0.1, 0.15) is 44.0 Å². The van der Waals surface area contributed by atoms with Crippen molar-refractivity contribution in [3.63, 3.8) is 0 Å². The Kier molecular flexibility index (Phi) is 6.34. The van der Waals surface area contributed by atoms with E-state index in [1.54, 1.807) is 23.1 Å². The minimum absolute atomic E-state index is 0.0736. The molecule has 1 aromatic carbocycles. The second-order valence-corrected chi connectivity index (χ2v) is 7.11. The number of benzene rings is 1. The summed E-state index contributed by atoms with van der Waals surface area (Å²) in [4.78, 5) is 25.7. The van der Waals surface area contributed by atoms with Gasteiger partial charge < -0.3 is 23.8 Å². The molecule has 0 spiro atoms. The summed E-state index contributed by atoms with van der Waals surface area (Å²) in [5, 5.41) is 0. The number of piperidine rings is 1. The molecular formula is C19H27NO6. The third-order valence-corrected chi connectivity index (χ3v) is 3.98. The first-order valence-corrected chi connectivity index (χ1v) is 8.65. The predicted octanol–water partition coefficient (Wildman–Crippen LogP) is 3.26. The van der Waals surface area contributed by atoms with Gasteiger partial charge in [0.25, 0.3) is 0 Å². The Bertz CT molecular complexity index is 644. The summed E-state index contributed by atoms with van der Waals surface area (Å²) >= 11 is 0. The number of amides is 1. The second-order valence-electron chi connectivity index (χ2n) is 7.11. The first-order valence-electron chi connectivity index (χ1n) is 8.65. The van der Waals surface area contributed by atoms with Gasteiger partial charge in [-0.15, -0.1) is 0 Å². The van der Waals surface area contributed by atoms with Crippen LogP contribution in [0.25, 0.3) is 0 Å². The van der Waals surface area contributed by atoms with Crippen LogP contribution in [0.15, 0.2) is 18.2 Å². The quantitative estimate of drug-likeness (QED) is 0.763. The third-order valence-electron chi connectivity index (χ3n) is 3.98. The SMILES string of the molecule is COC(=O)c1cccc(OC2CCN(C(=O)OC(C)(C)C)CC2)c1OC. The lowest BCUT2D eigenvalue weighted by atomic mass is 10.1. The normalized spacial score (nSPS) is 15.3. The molecule has 1 aliphatic rings. The highest BCUT2D eigenvalue weighted by molar-refractivity contribution is 5.93. The van der Waals surface area contributed by atoms with Crippen LogP contribution >= 0.6 is 0 Å². The molecule has 0 N–H and O–H groups in total. The molecule has 1 aliphatic heterocycles. The summed E-state index contributed by atoms with van der Waals surface area (Å²) in [6, 6.07) is 5.11. The second kappa shape index (κ2) is 8.29. The van der Waals surface area contributed by atoms with Gasteiger partial charge in [-0.1, -0.05) is 6.07 Å². The average Bonchev–Trinajstić information content (AvgIpc) is 2.60. The molecule has 1 amide bonds. The molecular weight excluding hydrogens is 338 g/mol. The summed E-state index contributed by atoms with van der Waals surface area (Å²) < 4.78 is 21.5. The van der Waals surface area contributed by atoms with Crippen LogP contribution in [0.3, 0.4) is 0 Å². The number of rotatable bonds is 4. The molecule has 1 aromatic rings. The van der Waals surface area contributed by atoms with Crippen LogP contribution < -0.4 is 9.47 Å². The maximum absolute atomic E-state index is 12.1. The van der Waals surface area contributed by atoms with Crippen molar-refractivity contribution in [1.82, 2.24) is 4.90 Å². The van der Waals surface area contributed by atoms with E-state index in [0.29, 0.717) is 43.0 Å². The van der Waals surface area contributed by atoms with E-state index >= 15 is 0 Å². The van der Waals surface area contributed by atoms with Gasteiger partial charge in [-0.25, -0.2) is 9.59 Å². The van der Waals surface area contributed by atoms with Crippen molar-refractivity contribution >= 4 is 12.1 Å². The van der Waals surface area contributed by atoms with E-state index in [-0.39, 0.29) is 12.2 Å². The number of para-hydroxylation sites is 1. The molecule has 7 nitrogen and oxygen atoms in total. The molecule has 7 heteroatoms. The van der Waals surface area contributed by atoms with Gasteiger partial charge in [0, 0.05) is 25.9 Å². The molecule has 1 fully saturated rings. The van der Waals surface area contributed by atoms with Crippen molar-refractivity contribution in [1.29, 1.82) is 0 Å². The van der Waals surface area contributed by atoms with Gasteiger partial charge in [0.1, 0.15) is 17.3 Å². The van der Waals surface area contributed by atoms with Crippen LogP contribution in [0.2, 0.25) is 0 Å². The number of nitrogens with zero attached hydrogens (tertiary/aromatic N) is 1. The molecule has 0 unspecified atom stereocenters.